The minimum absolute atomic E-state index is 0.122. The van der Waals surface area contributed by atoms with Gasteiger partial charge in [-0.3, -0.25) is 4.79 Å². The molecule has 2 rings (SSSR count). The third-order valence-corrected chi connectivity index (χ3v) is 4.82. The molecule has 0 amide bonds. The van der Waals surface area contributed by atoms with Gasteiger partial charge in [0.2, 0.25) is 0 Å². The van der Waals surface area contributed by atoms with Gasteiger partial charge in [0, 0.05) is 0 Å². The van der Waals surface area contributed by atoms with E-state index in [0.717, 1.165) is 16.7 Å². The number of esters is 1. The van der Waals surface area contributed by atoms with Crippen LogP contribution in [0.5, 0.6) is 0 Å². The van der Waals surface area contributed by atoms with Crippen molar-refractivity contribution < 1.29 is 17.9 Å². The van der Waals surface area contributed by atoms with Crippen LogP contribution in [0.15, 0.2) is 53.4 Å². The first-order chi connectivity index (χ1) is 10.4. The van der Waals surface area contributed by atoms with Gasteiger partial charge in [0.15, 0.2) is 15.6 Å². The molecule has 0 unspecified atom stereocenters. The van der Waals surface area contributed by atoms with Crippen molar-refractivity contribution in [2.75, 3.05) is 12.4 Å². The molecule has 0 aliphatic carbocycles. The van der Waals surface area contributed by atoms with Gasteiger partial charge in [-0.05, 0) is 37.1 Å². The second-order valence-electron chi connectivity index (χ2n) is 4.95. The normalized spacial score (nSPS) is 11.2. The van der Waals surface area contributed by atoms with Crippen LogP contribution in [0.3, 0.4) is 0 Å². The van der Waals surface area contributed by atoms with Gasteiger partial charge in [0.05, 0.1) is 11.5 Å². The summed E-state index contributed by atoms with van der Waals surface area (Å²) in [4.78, 5) is 11.5. The van der Waals surface area contributed by atoms with Gasteiger partial charge in [-0.1, -0.05) is 42.0 Å². The number of ether oxygens (including phenoxy) is 1. The maximum Gasteiger partial charge on any atom is 0.321 e. The summed E-state index contributed by atoms with van der Waals surface area (Å²) in [6, 6.07) is 14.5. The minimum atomic E-state index is -3.66. The van der Waals surface area contributed by atoms with Gasteiger partial charge in [-0.15, -0.1) is 0 Å². The average Bonchev–Trinajstić information content (AvgIpc) is 2.48. The van der Waals surface area contributed by atoms with Gasteiger partial charge in [0.1, 0.15) is 0 Å². The number of rotatable bonds is 5. The van der Waals surface area contributed by atoms with Crippen LogP contribution in [-0.2, 0) is 19.4 Å². The van der Waals surface area contributed by atoms with Crippen LogP contribution in [0.1, 0.15) is 12.5 Å². The molecule has 0 radical (unpaired) electrons. The van der Waals surface area contributed by atoms with Crippen molar-refractivity contribution in [1.29, 1.82) is 0 Å². The Kier molecular flexibility index (Phi) is 4.98. The Morgan fingerprint density at radius 3 is 1.95 bits per heavy atom. The van der Waals surface area contributed by atoms with Gasteiger partial charge in [0.25, 0.3) is 0 Å². The summed E-state index contributed by atoms with van der Waals surface area (Å²) in [6.45, 7) is 3.82. The Balaban J connectivity index is 2.21. The maximum absolute atomic E-state index is 12.1. The molecule has 0 saturated carbocycles. The number of sulfone groups is 1. The molecule has 5 heteroatoms. The van der Waals surface area contributed by atoms with Crippen LogP contribution in [0.2, 0.25) is 0 Å². The lowest BCUT2D eigenvalue weighted by Crippen LogP contribution is -2.18. The lowest BCUT2D eigenvalue weighted by molar-refractivity contribution is -0.139. The van der Waals surface area contributed by atoms with E-state index in [1.807, 2.05) is 31.2 Å². The van der Waals surface area contributed by atoms with E-state index >= 15 is 0 Å². The van der Waals surface area contributed by atoms with Crippen molar-refractivity contribution in [1.82, 2.24) is 0 Å². The summed E-state index contributed by atoms with van der Waals surface area (Å²) in [7, 11) is -3.66. The molecule has 2 aromatic carbocycles. The largest absolute Gasteiger partial charge is 0.465 e. The molecule has 0 aliphatic heterocycles. The highest BCUT2D eigenvalue weighted by Gasteiger charge is 2.20. The van der Waals surface area contributed by atoms with Gasteiger partial charge in [-0.25, -0.2) is 8.42 Å². The number of benzene rings is 2. The first kappa shape index (κ1) is 16.2. The molecule has 0 aliphatic rings. The van der Waals surface area contributed by atoms with Gasteiger partial charge >= 0.3 is 5.97 Å². The Morgan fingerprint density at radius 2 is 1.45 bits per heavy atom. The number of carbonyl (C=O) groups excluding carboxylic acids is 1. The van der Waals surface area contributed by atoms with Crippen LogP contribution in [0.25, 0.3) is 11.1 Å². The summed E-state index contributed by atoms with van der Waals surface area (Å²) in [5, 5.41) is 0. The second-order valence-corrected chi connectivity index (χ2v) is 6.94. The fourth-order valence-corrected chi connectivity index (χ4v) is 3.15. The van der Waals surface area contributed by atoms with Crippen molar-refractivity contribution in [2.24, 2.45) is 0 Å². The molecule has 0 atom stereocenters. The predicted molar refractivity (Wildman–Crippen MR) is 85.3 cm³/mol. The molecule has 0 N–H and O–H groups in total. The quantitative estimate of drug-likeness (QED) is 0.795. The van der Waals surface area contributed by atoms with E-state index in [4.69, 9.17) is 0 Å². The Labute approximate surface area is 130 Å². The smallest absolute Gasteiger partial charge is 0.321 e. The highest BCUT2D eigenvalue weighted by molar-refractivity contribution is 7.92. The molecule has 2 aromatic rings. The number of aryl methyl sites for hydroxylation is 1. The molecule has 0 heterocycles. The number of hydrogen-bond acceptors (Lipinski definition) is 4. The molecule has 4 nitrogen and oxygen atoms in total. The van der Waals surface area contributed by atoms with E-state index in [9.17, 15) is 13.2 Å². The van der Waals surface area contributed by atoms with Crippen molar-refractivity contribution >= 4 is 15.8 Å². The Hall–Kier alpha value is -2.14. The third-order valence-electron chi connectivity index (χ3n) is 3.21. The molecular formula is C17H18O4S. The monoisotopic (exact) mass is 318 g/mol. The molecular weight excluding hydrogens is 300 g/mol. The lowest BCUT2D eigenvalue weighted by Gasteiger charge is -2.06. The van der Waals surface area contributed by atoms with Crippen LogP contribution in [0, 0.1) is 6.92 Å². The van der Waals surface area contributed by atoms with E-state index in [1.54, 1.807) is 19.1 Å². The van der Waals surface area contributed by atoms with Crippen molar-refractivity contribution in [3.05, 3.63) is 54.1 Å². The van der Waals surface area contributed by atoms with Crippen LogP contribution < -0.4 is 0 Å². The van der Waals surface area contributed by atoms with E-state index in [1.165, 1.54) is 12.1 Å². The maximum atomic E-state index is 12.1. The van der Waals surface area contributed by atoms with Crippen LogP contribution in [-0.4, -0.2) is 26.7 Å². The summed E-state index contributed by atoms with van der Waals surface area (Å²) in [5.74, 6) is -1.37. The zero-order valence-corrected chi connectivity index (χ0v) is 13.4. The molecule has 116 valence electrons. The first-order valence-corrected chi connectivity index (χ1v) is 8.63. The fourth-order valence-electron chi connectivity index (χ4n) is 2.04. The first-order valence-electron chi connectivity index (χ1n) is 6.98. The van der Waals surface area contributed by atoms with Crippen LogP contribution in [0.4, 0.5) is 0 Å². The van der Waals surface area contributed by atoms with Gasteiger partial charge in [-0.2, -0.15) is 0 Å². The molecule has 22 heavy (non-hydrogen) atoms. The summed E-state index contributed by atoms with van der Waals surface area (Å²) < 4.78 is 28.9. The summed E-state index contributed by atoms with van der Waals surface area (Å²) in [6.07, 6.45) is 0. The highest BCUT2D eigenvalue weighted by Crippen LogP contribution is 2.22. The topological polar surface area (TPSA) is 60.4 Å². The van der Waals surface area contributed by atoms with E-state index in [0.29, 0.717) is 0 Å². The lowest BCUT2D eigenvalue weighted by atomic mass is 10.0. The molecule has 0 saturated heterocycles. The summed E-state index contributed by atoms with van der Waals surface area (Å²) >= 11 is 0. The third kappa shape index (κ3) is 3.95. The fraction of sp³-hybridized carbons (Fsp3) is 0.235. The standard InChI is InChI=1S/C17H18O4S/c1-3-21-17(18)12-22(19,20)16-10-8-15(9-11-16)14-6-4-13(2)5-7-14/h4-11H,3,12H2,1-2H3. The second kappa shape index (κ2) is 6.75. The Morgan fingerprint density at radius 1 is 0.955 bits per heavy atom. The predicted octanol–water partition coefficient (Wildman–Crippen LogP) is 3.00. The molecule has 0 fully saturated rings. The van der Waals surface area contributed by atoms with Crippen molar-refractivity contribution in [3.63, 3.8) is 0 Å². The highest BCUT2D eigenvalue weighted by atomic mass is 32.2. The van der Waals surface area contributed by atoms with E-state index in [2.05, 4.69) is 4.74 Å². The zero-order chi connectivity index (χ0) is 16.2. The van der Waals surface area contributed by atoms with Gasteiger partial charge < -0.3 is 4.74 Å². The average molecular weight is 318 g/mol. The minimum Gasteiger partial charge on any atom is -0.465 e. The zero-order valence-electron chi connectivity index (χ0n) is 12.6. The van der Waals surface area contributed by atoms with E-state index < -0.39 is 21.6 Å². The molecule has 0 spiro atoms. The number of hydrogen-bond donors (Lipinski definition) is 0. The van der Waals surface area contributed by atoms with Crippen molar-refractivity contribution in [2.45, 2.75) is 18.7 Å². The van der Waals surface area contributed by atoms with Crippen LogP contribution >= 0.6 is 0 Å². The molecule has 0 bridgehead atoms. The number of carbonyl (C=O) groups is 1. The SMILES string of the molecule is CCOC(=O)CS(=O)(=O)c1ccc(-c2ccc(C)cc2)cc1. The summed E-state index contributed by atoms with van der Waals surface area (Å²) in [5.41, 5.74) is 3.10. The van der Waals surface area contributed by atoms with E-state index in [-0.39, 0.29) is 11.5 Å². The molecule has 0 aromatic heterocycles. The Bertz CT molecular complexity index is 744. The van der Waals surface area contributed by atoms with Crippen molar-refractivity contribution in [3.8, 4) is 11.1 Å².